The predicted octanol–water partition coefficient (Wildman–Crippen LogP) is 4.04. The Bertz CT molecular complexity index is 697. The molecule has 0 bridgehead atoms. The summed E-state index contributed by atoms with van der Waals surface area (Å²) < 4.78 is 1.90. The molecule has 0 unspecified atom stereocenters. The highest BCUT2D eigenvalue weighted by Gasteiger charge is 2.04. The zero-order valence-electron chi connectivity index (χ0n) is 12.2. The van der Waals surface area contributed by atoms with Gasteiger partial charge in [0.15, 0.2) is 0 Å². The third kappa shape index (κ3) is 4.42. The van der Waals surface area contributed by atoms with E-state index < -0.39 is 0 Å². The minimum atomic E-state index is -0.243. The Morgan fingerprint density at radius 3 is 2.41 bits per heavy atom. The van der Waals surface area contributed by atoms with Crippen LogP contribution in [0.5, 0.6) is 0 Å². The van der Waals surface area contributed by atoms with Crippen LogP contribution >= 0.6 is 31.9 Å². The van der Waals surface area contributed by atoms with E-state index in [0.717, 1.165) is 20.2 Å². The second-order valence-electron chi connectivity index (χ2n) is 4.81. The molecule has 0 aromatic heterocycles. The summed E-state index contributed by atoms with van der Waals surface area (Å²) in [6.07, 6.45) is 1.61. The summed E-state index contributed by atoms with van der Waals surface area (Å²) >= 11 is 6.85. The molecule has 0 aliphatic heterocycles. The number of nitrogens with one attached hydrogen (secondary N) is 1. The highest BCUT2D eigenvalue weighted by atomic mass is 79.9. The zero-order chi connectivity index (χ0) is 16.1. The fourth-order valence-electron chi connectivity index (χ4n) is 1.80. The van der Waals surface area contributed by atoms with Crippen molar-refractivity contribution in [2.24, 2.45) is 5.10 Å². The van der Waals surface area contributed by atoms with E-state index >= 15 is 0 Å². The van der Waals surface area contributed by atoms with Gasteiger partial charge in [-0.2, -0.15) is 5.10 Å². The topological polar surface area (TPSA) is 44.7 Å². The molecule has 0 spiro atoms. The van der Waals surface area contributed by atoms with Gasteiger partial charge in [-0.3, -0.25) is 4.79 Å². The fourth-order valence-corrected chi connectivity index (χ4v) is 2.81. The first-order chi connectivity index (χ1) is 10.5. The van der Waals surface area contributed by atoms with E-state index in [1.165, 1.54) is 0 Å². The Balaban J connectivity index is 2.02. The molecule has 0 atom stereocenters. The third-order valence-corrected chi connectivity index (χ3v) is 4.10. The molecule has 0 fully saturated rings. The van der Waals surface area contributed by atoms with E-state index in [1.54, 1.807) is 18.3 Å². The molecule has 2 aromatic carbocycles. The van der Waals surface area contributed by atoms with E-state index in [9.17, 15) is 4.79 Å². The van der Waals surface area contributed by atoms with Gasteiger partial charge in [0.2, 0.25) is 0 Å². The van der Waals surface area contributed by atoms with E-state index in [4.69, 9.17) is 0 Å². The van der Waals surface area contributed by atoms with Crippen molar-refractivity contribution in [1.82, 2.24) is 5.43 Å². The van der Waals surface area contributed by atoms with Crippen LogP contribution in [0.4, 0.5) is 5.69 Å². The Morgan fingerprint density at radius 1 is 1.14 bits per heavy atom. The van der Waals surface area contributed by atoms with Gasteiger partial charge in [-0.25, -0.2) is 5.43 Å². The largest absolute Gasteiger partial charge is 0.377 e. The van der Waals surface area contributed by atoms with E-state index in [1.807, 2.05) is 49.3 Å². The van der Waals surface area contributed by atoms with Crippen LogP contribution in [-0.4, -0.2) is 26.2 Å². The fraction of sp³-hybridized carbons (Fsp3) is 0.125. The number of halogens is 2. The number of anilines is 1. The summed E-state index contributed by atoms with van der Waals surface area (Å²) in [6.45, 7) is 0. The molecule has 2 rings (SSSR count). The number of rotatable bonds is 4. The van der Waals surface area contributed by atoms with Crippen molar-refractivity contribution >= 4 is 49.7 Å². The minimum Gasteiger partial charge on any atom is -0.377 e. The predicted molar refractivity (Wildman–Crippen MR) is 97.7 cm³/mol. The Kier molecular flexibility index (Phi) is 5.74. The van der Waals surface area contributed by atoms with Gasteiger partial charge in [-0.15, -0.1) is 0 Å². The normalized spacial score (nSPS) is 10.7. The first-order valence-corrected chi connectivity index (χ1v) is 8.12. The van der Waals surface area contributed by atoms with Gasteiger partial charge in [0.1, 0.15) is 0 Å². The molecular weight excluding hydrogens is 410 g/mol. The van der Waals surface area contributed by atoms with Crippen molar-refractivity contribution in [1.29, 1.82) is 0 Å². The molecule has 22 heavy (non-hydrogen) atoms. The first-order valence-electron chi connectivity index (χ1n) is 6.53. The number of hydrogen-bond acceptors (Lipinski definition) is 3. The van der Waals surface area contributed by atoms with E-state index in [-0.39, 0.29) is 5.91 Å². The van der Waals surface area contributed by atoms with Crippen molar-refractivity contribution in [3.8, 4) is 0 Å². The van der Waals surface area contributed by atoms with Crippen LogP contribution in [0.2, 0.25) is 0 Å². The van der Waals surface area contributed by atoms with Crippen molar-refractivity contribution in [3.05, 3.63) is 62.5 Å². The summed E-state index contributed by atoms with van der Waals surface area (Å²) in [6, 6.07) is 13.0. The Morgan fingerprint density at radius 2 is 1.82 bits per heavy atom. The average molecular weight is 425 g/mol. The van der Waals surface area contributed by atoms with Gasteiger partial charge >= 0.3 is 0 Å². The van der Waals surface area contributed by atoms with Crippen LogP contribution in [0.1, 0.15) is 15.9 Å². The van der Waals surface area contributed by atoms with Gasteiger partial charge in [0.25, 0.3) is 5.91 Å². The van der Waals surface area contributed by atoms with Crippen molar-refractivity contribution in [2.75, 3.05) is 19.0 Å². The molecular formula is C16H15Br2N3O. The van der Waals surface area contributed by atoms with Crippen LogP contribution in [0.15, 0.2) is 56.5 Å². The first kappa shape index (κ1) is 16.7. The molecule has 114 valence electrons. The molecule has 1 N–H and O–H groups in total. The second-order valence-corrected chi connectivity index (χ2v) is 6.58. The smallest absolute Gasteiger partial charge is 0.271 e. The molecule has 2 aromatic rings. The highest BCUT2D eigenvalue weighted by Crippen LogP contribution is 2.25. The maximum Gasteiger partial charge on any atom is 0.271 e. The SMILES string of the molecule is CN(C)c1ccc(/C=N\NC(=O)c2ccc(Br)cc2)cc1Br. The third-order valence-electron chi connectivity index (χ3n) is 2.94. The lowest BCUT2D eigenvalue weighted by atomic mass is 10.2. The average Bonchev–Trinajstić information content (AvgIpc) is 2.47. The molecule has 0 radical (unpaired) electrons. The van der Waals surface area contributed by atoms with Crippen LogP contribution < -0.4 is 10.3 Å². The van der Waals surface area contributed by atoms with Crippen molar-refractivity contribution in [2.45, 2.75) is 0 Å². The number of amides is 1. The molecule has 0 saturated heterocycles. The van der Waals surface area contributed by atoms with Crippen LogP contribution in [0.3, 0.4) is 0 Å². The molecule has 1 amide bonds. The Labute approximate surface area is 146 Å². The van der Waals surface area contributed by atoms with E-state index in [0.29, 0.717) is 5.56 Å². The van der Waals surface area contributed by atoms with E-state index in [2.05, 4.69) is 42.4 Å². The highest BCUT2D eigenvalue weighted by molar-refractivity contribution is 9.10. The number of carbonyl (C=O) groups excluding carboxylic acids is 1. The summed E-state index contributed by atoms with van der Waals surface area (Å²) in [4.78, 5) is 13.9. The molecule has 0 heterocycles. The number of hydrazone groups is 1. The minimum absolute atomic E-state index is 0.243. The second kappa shape index (κ2) is 7.56. The van der Waals surface area contributed by atoms with Crippen LogP contribution in [0, 0.1) is 0 Å². The van der Waals surface area contributed by atoms with Crippen molar-refractivity contribution < 1.29 is 4.79 Å². The lowest BCUT2D eigenvalue weighted by molar-refractivity contribution is 0.0955. The van der Waals surface area contributed by atoms with Crippen LogP contribution in [0.25, 0.3) is 0 Å². The molecule has 0 aliphatic carbocycles. The quantitative estimate of drug-likeness (QED) is 0.594. The molecule has 0 aliphatic rings. The maximum atomic E-state index is 11.9. The van der Waals surface area contributed by atoms with Crippen molar-refractivity contribution in [3.63, 3.8) is 0 Å². The summed E-state index contributed by atoms with van der Waals surface area (Å²) in [5.74, 6) is -0.243. The zero-order valence-corrected chi connectivity index (χ0v) is 15.3. The number of nitrogens with zero attached hydrogens (tertiary/aromatic N) is 2. The van der Waals surface area contributed by atoms with Gasteiger partial charge in [0.05, 0.1) is 11.9 Å². The molecule has 0 saturated carbocycles. The lowest BCUT2D eigenvalue weighted by Gasteiger charge is -2.14. The Hall–Kier alpha value is -1.66. The summed E-state index contributed by atoms with van der Waals surface area (Å²) in [5, 5.41) is 3.99. The lowest BCUT2D eigenvalue weighted by Crippen LogP contribution is -2.17. The maximum absolute atomic E-state index is 11.9. The summed E-state index contributed by atoms with van der Waals surface area (Å²) in [7, 11) is 3.96. The molecule has 6 heteroatoms. The molecule has 4 nitrogen and oxygen atoms in total. The number of carbonyl (C=O) groups is 1. The van der Waals surface area contributed by atoms with Gasteiger partial charge in [-0.1, -0.05) is 22.0 Å². The number of hydrogen-bond donors (Lipinski definition) is 1. The van der Waals surface area contributed by atoms with Gasteiger partial charge in [-0.05, 0) is 57.9 Å². The van der Waals surface area contributed by atoms with Gasteiger partial charge < -0.3 is 4.90 Å². The summed E-state index contributed by atoms with van der Waals surface area (Å²) in [5.41, 5.74) is 5.05. The van der Waals surface area contributed by atoms with Crippen LogP contribution in [-0.2, 0) is 0 Å². The van der Waals surface area contributed by atoms with Gasteiger partial charge in [0, 0.05) is 28.6 Å². The monoisotopic (exact) mass is 423 g/mol. The standard InChI is InChI=1S/C16H15Br2N3O/c1-21(2)15-8-3-11(9-14(15)18)10-19-20-16(22)12-4-6-13(17)7-5-12/h3-10H,1-2H3,(H,20,22)/b19-10-. The number of benzene rings is 2.